The number of fused-ring (bicyclic) bond motifs is 1. The molecule has 6 nitrogen and oxygen atoms in total. The normalized spacial score (nSPS) is 19.2. The topological polar surface area (TPSA) is 78.4 Å². The summed E-state index contributed by atoms with van der Waals surface area (Å²) in [4.78, 5) is 20.9. The lowest BCUT2D eigenvalue weighted by Crippen LogP contribution is -2.35. The molecule has 112 valence electrons. The minimum absolute atomic E-state index is 0.391. The number of H-pyrrole nitrogens is 1. The highest BCUT2D eigenvalue weighted by Crippen LogP contribution is 2.22. The molecular formula is C15H19N3O3. The van der Waals surface area contributed by atoms with Crippen LogP contribution in [0.5, 0.6) is 5.75 Å². The SMILES string of the molecule is CCOc1ccc2nc(CN3CCCC3C(=O)O)[nH]c2c1. The summed E-state index contributed by atoms with van der Waals surface area (Å²) in [5, 5.41) is 9.21. The summed E-state index contributed by atoms with van der Waals surface area (Å²) in [6, 6.07) is 5.34. The van der Waals surface area contributed by atoms with Gasteiger partial charge in [-0.1, -0.05) is 0 Å². The minimum Gasteiger partial charge on any atom is -0.494 e. The lowest BCUT2D eigenvalue weighted by molar-refractivity contribution is -0.142. The summed E-state index contributed by atoms with van der Waals surface area (Å²) in [6.07, 6.45) is 1.63. The molecule has 0 radical (unpaired) electrons. The number of aromatic nitrogens is 2. The molecule has 1 aromatic heterocycles. The van der Waals surface area contributed by atoms with E-state index in [-0.39, 0.29) is 0 Å². The second-order valence-corrected chi connectivity index (χ2v) is 5.26. The average molecular weight is 289 g/mol. The molecule has 2 N–H and O–H groups in total. The second kappa shape index (κ2) is 5.73. The van der Waals surface area contributed by atoms with Crippen LogP contribution >= 0.6 is 0 Å². The summed E-state index contributed by atoms with van der Waals surface area (Å²) in [5.74, 6) is 0.860. The van der Waals surface area contributed by atoms with E-state index in [1.165, 1.54) is 0 Å². The molecule has 1 aromatic carbocycles. The molecule has 3 rings (SSSR count). The number of hydrogen-bond donors (Lipinski definition) is 2. The number of carbonyl (C=O) groups is 1. The Morgan fingerprint density at radius 3 is 3.19 bits per heavy atom. The van der Waals surface area contributed by atoms with Gasteiger partial charge in [0.2, 0.25) is 0 Å². The van der Waals surface area contributed by atoms with Crippen LogP contribution in [0, 0.1) is 0 Å². The van der Waals surface area contributed by atoms with Crippen molar-refractivity contribution in [2.45, 2.75) is 32.4 Å². The molecule has 2 aromatic rings. The van der Waals surface area contributed by atoms with E-state index in [4.69, 9.17) is 4.74 Å². The first-order valence-electron chi connectivity index (χ1n) is 7.25. The first-order chi connectivity index (χ1) is 10.2. The van der Waals surface area contributed by atoms with Crippen LogP contribution in [0.3, 0.4) is 0 Å². The monoisotopic (exact) mass is 289 g/mol. The van der Waals surface area contributed by atoms with Gasteiger partial charge in [-0.05, 0) is 38.4 Å². The first kappa shape index (κ1) is 13.9. The Hall–Kier alpha value is -2.08. The first-order valence-corrected chi connectivity index (χ1v) is 7.25. The van der Waals surface area contributed by atoms with Crippen LogP contribution in [0.25, 0.3) is 11.0 Å². The highest BCUT2D eigenvalue weighted by molar-refractivity contribution is 5.77. The number of aromatic amines is 1. The zero-order chi connectivity index (χ0) is 14.8. The maximum Gasteiger partial charge on any atom is 0.320 e. The van der Waals surface area contributed by atoms with Gasteiger partial charge in [-0.25, -0.2) is 4.98 Å². The molecule has 6 heteroatoms. The van der Waals surface area contributed by atoms with Gasteiger partial charge >= 0.3 is 5.97 Å². The molecule has 1 saturated heterocycles. The zero-order valence-electron chi connectivity index (χ0n) is 12.0. The molecule has 1 aliphatic rings. The number of carboxylic acid groups (broad SMARTS) is 1. The maximum atomic E-state index is 11.2. The van der Waals surface area contributed by atoms with Crippen LogP contribution in [-0.2, 0) is 11.3 Å². The number of hydrogen-bond acceptors (Lipinski definition) is 4. The van der Waals surface area contributed by atoms with Crippen LogP contribution in [0.4, 0.5) is 0 Å². The lowest BCUT2D eigenvalue weighted by Gasteiger charge is -2.19. The Balaban J connectivity index is 1.79. The third kappa shape index (κ3) is 2.85. The van der Waals surface area contributed by atoms with E-state index in [1.807, 2.05) is 30.0 Å². The number of benzene rings is 1. The largest absolute Gasteiger partial charge is 0.494 e. The number of imidazole rings is 1. The number of likely N-dealkylation sites (tertiary alicyclic amines) is 1. The van der Waals surface area contributed by atoms with Crippen LogP contribution in [0.2, 0.25) is 0 Å². The van der Waals surface area contributed by atoms with Crippen molar-refractivity contribution in [1.82, 2.24) is 14.9 Å². The van der Waals surface area contributed by atoms with E-state index < -0.39 is 12.0 Å². The molecule has 2 heterocycles. The van der Waals surface area contributed by atoms with Crippen molar-refractivity contribution < 1.29 is 14.6 Å². The second-order valence-electron chi connectivity index (χ2n) is 5.26. The third-order valence-corrected chi connectivity index (χ3v) is 3.81. The number of nitrogens with one attached hydrogen (secondary N) is 1. The van der Waals surface area contributed by atoms with Crippen molar-refractivity contribution >= 4 is 17.0 Å². The zero-order valence-corrected chi connectivity index (χ0v) is 12.0. The van der Waals surface area contributed by atoms with Crippen molar-refractivity contribution in [1.29, 1.82) is 0 Å². The Kier molecular flexibility index (Phi) is 3.79. The van der Waals surface area contributed by atoms with Crippen LogP contribution in [-0.4, -0.2) is 45.1 Å². The minimum atomic E-state index is -0.748. The van der Waals surface area contributed by atoms with Crippen molar-refractivity contribution in [3.05, 3.63) is 24.0 Å². The molecule has 1 aliphatic heterocycles. The molecule has 0 spiro atoms. The Labute approximate surface area is 122 Å². The predicted molar refractivity (Wildman–Crippen MR) is 78.3 cm³/mol. The quantitative estimate of drug-likeness (QED) is 0.880. The van der Waals surface area contributed by atoms with E-state index in [2.05, 4.69) is 9.97 Å². The van der Waals surface area contributed by atoms with Crippen molar-refractivity contribution in [2.75, 3.05) is 13.2 Å². The molecule has 0 amide bonds. The molecule has 1 unspecified atom stereocenters. The van der Waals surface area contributed by atoms with E-state index in [1.54, 1.807) is 0 Å². The molecule has 0 bridgehead atoms. The maximum absolute atomic E-state index is 11.2. The lowest BCUT2D eigenvalue weighted by atomic mass is 10.2. The average Bonchev–Trinajstić information content (AvgIpc) is 3.05. The van der Waals surface area contributed by atoms with Crippen molar-refractivity contribution in [2.24, 2.45) is 0 Å². The fourth-order valence-electron chi connectivity index (χ4n) is 2.86. The van der Waals surface area contributed by atoms with Crippen LogP contribution < -0.4 is 4.74 Å². The smallest absolute Gasteiger partial charge is 0.320 e. The van der Waals surface area contributed by atoms with Gasteiger partial charge in [0, 0.05) is 6.07 Å². The van der Waals surface area contributed by atoms with Crippen molar-refractivity contribution in [3.8, 4) is 5.75 Å². The molecular weight excluding hydrogens is 270 g/mol. The van der Waals surface area contributed by atoms with Gasteiger partial charge in [0.15, 0.2) is 0 Å². The van der Waals surface area contributed by atoms with Gasteiger partial charge in [-0.2, -0.15) is 0 Å². The molecule has 0 saturated carbocycles. The number of carboxylic acids is 1. The fraction of sp³-hybridized carbons (Fsp3) is 0.467. The highest BCUT2D eigenvalue weighted by Gasteiger charge is 2.30. The Morgan fingerprint density at radius 2 is 2.43 bits per heavy atom. The summed E-state index contributed by atoms with van der Waals surface area (Å²) >= 11 is 0. The van der Waals surface area contributed by atoms with E-state index in [0.29, 0.717) is 19.6 Å². The van der Waals surface area contributed by atoms with E-state index in [9.17, 15) is 9.90 Å². The van der Waals surface area contributed by atoms with E-state index in [0.717, 1.165) is 35.6 Å². The van der Waals surface area contributed by atoms with Gasteiger partial charge < -0.3 is 14.8 Å². The van der Waals surface area contributed by atoms with Crippen LogP contribution in [0.1, 0.15) is 25.6 Å². The standard InChI is InChI=1S/C15H19N3O3/c1-2-21-10-5-6-11-12(8-10)17-14(16-11)9-18-7-3-4-13(18)15(19)20/h5-6,8,13H,2-4,7,9H2,1H3,(H,16,17)(H,19,20). The number of ether oxygens (including phenoxy) is 1. The molecule has 1 fully saturated rings. The number of aliphatic carboxylic acids is 1. The van der Waals surface area contributed by atoms with Gasteiger partial charge in [0.05, 0.1) is 24.2 Å². The molecule has 0 aliphatic carbocycles. The number of rotatable bonds is 5. The number of nitrogens with zero attached hydrogens (tertiary/aromatic N) is 2. The summed E-state index contributed by atoms with van der Waals surface area (Å²) < 4.78 is 5.47. The Morgan fingerprint density at radius 1 is 1.57 bits per heavy atom. The Bertz CT molecular complexity index is 653. The third-order valence-electron chi connectivity index (χ3n) is 3.81. The van der Waals surface area contributed by atoms with Gasteiger partial charge in [0.1, 0.15) is 17.6 Å². The molecule has 1 atom stereocenters. The van der Waals surface area contributed by atoms with E-state index >= 15 is 0 Å². The summed E-state index contributed by atoms with van der Waals surface area (Å²) in [5.41, 5.74) is 1.79. The predicted octanol–water partition coefficient (Wildman–Crippen LogP) is 2.01. The highest BCUT2D eigenvalue weighted by atomic mass is 16.5. The fourth-order valence-corrected chi connectivity index (χ4v) is 2.86. The molecule has 21 heavy (non-hydrogen) atoms. The van der Waals surface area contributed by atoms with Gasteiger partial charge in [-0.3, -0.25) is 9.69 Å². The summed E-state index contributed by atoms with van der Waals surface area (Å²) in [6.45, 7) is 3.91. The van der Waals surface area contributed by atoms with Gasteiger partial charge in [0.25, 0.3) is 0 Å². The summed E-state index contributed by atoms with van der Waals surface area (Å²) in [7, 11) is 0. The van der Waals surface area contributed by atoms with Crippen molar-refractivity contribution in [3.63, 3.8) is 0 Å². The van der Waals surface area contributed by atoms with Crippen LogP contribution in [0.15, 0.2) is 18.2 Å². The van der Waals surface area contributed by atoms with Gasteiger partial charge in [-0.15, -0.1) is 0 Å².